The van der Waals surface area contributed by atoms with Crippen molar-refractivity contribution in [1.82, 2.24) is 4.57 Å². The molecule has 0 amide bonds. The Hall–Kier alpha value is -2.23. The molecule has 3 nitrogen and oxygen atoms in total. The zero-order valence-electron chi connectivity index (χ0n) is 13.4. The largest absolute Gasteiger partial charge is 0.319 e. The van der Waals surface area contributed by atoms with Gasteiger partial charge in [0.15, 0.2) is 0 Å². The lowest BCUT2D eigenvalue weighted by molar-refractivity contribution is 0.966. The Morgan fingerprint density at radius 1 is 0.917 bits per heavy atom. The fourth-order valence-corrected chi connectivity index (χ4v) is 2.88. The summed E-state index contributed by atoms with van der Waals surface area (Å²) in [6.45, 7) is 4.20. The van der Waals surface area contributed by atoms with E-state index in [2.05, 4.69) is 53.2 Å². The fourth-order valence-electron chi connectivity index (χ4n) is 2.54. The zero-order valence-corrected chi connectivity index (χ0v) is 14.9. The number of nitrogens with zero attached hydrogens (tertiary/aromatic N) is 2. The molecular formula is C19H17Cl2N3. The number of aryl methyl sites for hydroxylation is 2. The van der Waals surface area contributed by atoms with Crippen LogP contribution in [0, 0.1) is 13.8 Å². The molecule has 0 spiro atoms. The summed E-state index contributed by atoms with van der Waals surface area (Å²) in [6, 6.07) is 17.6. The second-order valence-corrected chi connectivity index (χ2v) is 6.38. The van der Waals surface area contributed by atoms with E-state index in [4.69, 9.17) is 23.2 Å². The Labute approximate surface area is 151 Å². The lowest BCUT2D eigenvalue weighted by Gasteiger charge is -2.09. The maximum Gasteiger partial charge on any atom is 0.0762 e. The molecule has 0 unspecified atom stereocenters. The van der Waals surface area contributed by atoms with Gasteiger partial charge in [-0.15, -0.1) is 0 Å². The molecule has 0 radical (unpaired) electrons. The van der Waals surface area contributed by atoms with Gasteiger partial charge in [-0.2, -0.15) is 5.10 Å². The van der Waals surface area contributed by atoms with E-state index < -0.39 is 0 Å². The van der Waals surface area contributed by atoms with Crippen molar-refractivity contribution in [3.8, 4) is 5.69 Å². The quantitative estimate of drug-likeness (QED) is 0.460. The predicted molar refractivity (Wildman–Crippen MR) is 103 cm³/mol. The number of hydrazone groups is 1. The molecule has 2 aromatic carbocycles. The summed E-state index contributed by atoms with van der Waals surface area (Å²) >= 11 is 12.0. The van der Waals surface area contributed by atoms with Crippen LogP contribution in [-0.4, -0.2) is 10.8 Å². The molecule has 24 heavy (non-hydrogen) atoms. The van der Waals surface area contributed by atoms with Gasteiger partial charge in [-0.1, -0.05) is 35.3 Å². The lowest BCUT2D eigenvalue weighted by atomic mass is 10.2. The molecule has 0 aliphatic carbocycles. The predicted octanol–water partition coefficient (Wildman–Crippen LogP) is 5.85. The third kappa shape index (κ3) is 3.64. The summed E-state index contributed by atoms with van der Waals surface area (Å²) in [5.74, 6) is 0. The standard InChI is InChI=1S/C19H17Cl2N3/c1-13-3-4-14(2)24(13)17-8-5-15(6-9-17)12-22-23-19-11-16(20)7-10-18(19)21/h3-12,23H,1-2H3/b22-12+. The first-order chi connectivity index (χ1) is 11.5. The van der Waals surface area contributed by atoms with Gasteiger partial charge in [0, 0.05) is 22.1 Å². The van der Waals surface area contributed by atoms with Gasteiger partial charge in [-0.05, 0) is 61.9 Å². The van der Waals surface area contributed by atoms with E-state index in [1.165, 1.54) is 11.4 Å². The number of hydrogen-bond acceptors (Lipinski definition) is 2. The van der Waals surface area contributed by atoms with E-state index in [1.54, 1.807) is 24.4 Å². The Balaban J connectivity index is 1.73. The second-order valence-electron chi connectivity index (χ2n) is 5.54. The normalized spacial score (nSPS) is 11.2. The molecule has 5 heteroatoms. The van der Waals surface area contributed by atoms with Crippen molar-refractivity contribution >= 4 is 35.1 Å². The number of rotatable bonds is 4. The van der Waals surface area contributed by atoms with Crippen molar-refractivity contribution in [2.24, 2.45) is 5.10 Å². The number of nitrogens with one attached hydrogen (secondary N) is 1. The molecule has 1 N–H and O–H groups in total. The van der Waals surface area contributed by atoms with Gasteiger partial charge < -0.3 is 4.57 Å². The third-order valence-electron chi connectivity index (χ3n) is 3.75. The minimum absolute atomic E-state index is 0.574. The summed E-state index contributed by atoms with van der Waals surface area (Å²) in [4.78, 5) is 0. The minimum Gasteiger partial charge on any atom is -0.319 e. The first-order valence-corrected chi connectivity index (χ1v) is 8.30. The maximum atomic E-state index is 6.09. The summed E-state index contributed by atoms with van der Waals surface area (Å²) in [6.07, 6.45) is 1.75. The minimum atomic E-state index is 0.574. The molecule has 122 valence electrons. The van der Waals surface area contributed by atoms with Gasteiger partial charge in [0.25, 0.3) is 0 Å². The molecule has 3 rings (SSSR count). The topological polar surface area (TPSA) is 29.3 Å². The molecule has 1 heterocycles. The molecule has 0 bridgehead atoms. The van der Waals surface area contributed by atoms with Crippen LogP contribution in [0.25, 0.3) is 5.69 Å². The van der Waals surface area contributed by atoms with E-state index in [1.807, 2.05) is 12.1 Å². The second kappa shape index (κ2) is 7.12. The van der Waals surface area contributed by atoms with E-state index in [-0.39, 0.29) is 0 Å². The van der Waals surface area contributed by atoms with Crippen LogP contribution in [0.5, 0.6) is 0 Å². The highest BCUT2D eigenvalue weighted by atomic mass is 35.5. The number of halogens is 2. The van der Waals surface area contributed by atoms with Crippen LogP contribution < -0.4 is 5.43 Å². The highest BCUT2D eigenvalue weighted by Crippen LogP contribution is 2.25. The molecule has 1 aromatic heterocycles. The molecule has 0 saturated heterocycles. The maximum absolute atomic E-state index is 6.09. The number of hydrogen-bond donors (Lipinski definition) is 1. The van der Waals surface area contributed by atoms with Crippen LogP contribution in [-0.2, 0) is 0 Å². The molecular weight excluding hydrogens is 341 g/mol. The van der Waals surface area contributed by atoms with Gasteiger partial charge in [0.2, 0.25) is 0 Å². The van der Waals surface area contributed by atoms with E-state index in [0.717, 1.165) is 11.3 Å². The number of anilines is 1. The fraction of sp³-hybridized carbons (Fsp3) is 0.105. The Morgan fingerprint density at radius 2 is 1.58 bits per heavy atom. The summed E-state index contributed by atoms with van der Waals surface area (Å²) in [7, 11) is 0. The van der Waals surface area contributed by atoms with Gasteiger partial charge in [-0.25, -0.2) is 0 Å². The average Bonchev–Trinajstić information content (AvgIpc) is 2.90. The van der Waals surface area contributed by atoms with Crippen molar-refractivity contribution in [1.29, 1.82) is 0 Å². The van der Waals surface area contributed by atoms with Crippen molar-refractivity contribution in [2.75, 3.05) is 5.43 Å². The van der Waals surface area contributed by atoms with Gasteiger partial charge in [0.1, 0.15) is 0 Å². The molecule has 0 saturated carbocycles. The Morgan fingerprint density at radius 3 is 2.25 bits per heavy atom. The van der Waals surface area contributed by atoms with E-state index >= 15 is 0 Å². The van der Waals surface area contributed by atoms with E-state index in [9.17, 15) is 0 Å². The van der Waals surface area contributed by atoms with E-state index in [0.29, 0.717) is 15.7 Å². The van der Waals surface area contributed by atoms with Gasteiger partial charge >= 0.3 is 0 Å². The van der Waals surface area contributed by atoms with Gasteiger partial charge in [0.05, 0.1) is 16.9 Å². The average molecular weight is 358 g/mol. The molecule has 0 atom stereocenters. The van der Waals surface area contributed by atoms with Crippen molar-refractivity contribution < 1.29 is 0 Å². The van der Waals surface area contributed by atoms with Crippen LogP contribution >= 0.6 is 23.2 Å². The van der Waals surface area contributed by atoms with Crippen molar-refractivity contribution in [2.45, 2.75) is 13.8 Å². The highest BCUT2D eigenvalue weighted by Gasteiger charge is 2.03. The molecule has 0 aliphatic rings. The Bertz CT molecular complexity index is 861. The van der Waals surface area contributed by atoms with Crippen LogP contribution in [0.2, 0.25) is 10.0 Å². The zero-order chi connectivity index (χ0) is 17.1. The van der Waals surface area contributed by atoms with Gasteiger partial charge in [-0.3, -0.25) is 5.43 Å². The SMILES string of the molecule is Cc1ccc(C)n1-c1ccc(/C=N/Nc2cc(Cl)ccc2Cl)cc1. The lowest BCUT2D eigenvalue weighted by Crippen LogP contribution is -1.98. The third-order valence-corrected chi connectivity index (χ3v) is 4.31. The molecule has 3 aromatic rings. The van der Waals surface area contributed by atoms with Crippen LogP contribution in [0.4, 0.5) is 5.69 Å². The summed E-state index contributed by atoms with van der Waals surface area (Å²) in [5, 5.41) is 5.40. The monoisotopic (exact) mass is 357 g/mol. The van der Waals surface area contributed by atoms with Crippen molar-refractivity contribution in [3.05, 3.63) is 81.6 Å². The highest BCUT2D eigenvalue weighted by molar-refractivity contribution is 6.35. The summed E-state index contributed by atoms with van der Waals surface area (Å²) in [5.41, 5.74) is 8.14. The molecule has 0 fully saturated rings. The number of benzene rings is 2. The number of aromatic nitrogens is 1. The summed E-state index contributed by atoms with van der Waals surface area (Å²) < 4.78 is 2.21. The first-order valence-electron chi connectivity index (χ1n) is 7.54. The van der Waals surface area contributed by atoms with Crippen molar-refractivity contribution in [3.63, 3.8) is 0 Å². The van der Waals surface area contributed by atoms with Crippen LogP contribution in [0.15, 0.2) is 59.7 Å². The van der Waals surface area contributed by atoms with Crippen LogP contribution in [0.1, 0.15) is 17.0 Å². The smallest absolute Gasteiger partial charge is 0.0762 e. The first kappa shape index (κ1) is 16.6. The Kier molecular flexibility index (Phi) is 4.93. The van der Waals surface area contributed by atoms with Crippen LogP contribution in [0.3, 0.4) is 0 Å². The molecule has 0 aliphatic heterocycles.